The van der Waals surface area contributed by atoms with E-state index < -0.39 is 6.04 Å². The largest absolute Gasteiger partial charge is 0.327 e. The van der Waals surface area contributed by atoms with Crippen LogP contribution in [0, 0.1) is 0 Å². The molecule has 7 heteroatoms. The molecule has 4 aromatic carbocycles. The summed E-state index contributed by atoms with van der Waals surface area (Å²) < 4.78 is 0. The number of hydrogen-bond acceptors (Lipinski definition) is 4. The molecule has 3 N–H and O–H groups in total. The van der Waals surface area contributed by atoms with Crippen LogP contribution in [0.4, 0.5) is 11.4 Å². The Morgan fingerprint density at radius 3 is 2.07 bits per heavy atom. The molecule has 0 saturated carbocycles. The third-order valence-corrected chi connectivity index (χ3v) is 9.10. The highest BCUT2D eigenvalue weighted by molar-refractivity contribution is 6.04. The van der Waals surface area contributed by atoms with Crippen molar-refractivity contribution < 1.29 is 14.4 Å². The number of likely N-dealkylation sites (tertiary alicyclic amines) is 1. The average molecular weight is 597 g/mol. The zero-order valence-electron chi connectivity index (χ0n) is 25.1. The first-order chi connectivity index (χ1) is 22.0. The van der Waals surface area contributed by atoms with Crippen LogP contribution in [0.25, 0.3) is 23.3 Å². The van der Waals surface area contributed by atoms with Crippen molar-refractivity contribution in [1.82, 2.24) is 10.2 Å². The van der Waals surface area contributed by atoms with E-state index in [-0.39, 0.29) is 23.8 Å². The molecule has 0 radical (unpaired) electrons. The van der Waals surface area contributed by atoms with Gasteiger partial charge in [-0.2, -0.15) is 0 Å². The van der Waals surface area contributed by atoms with Crippen molar-refractivity contribution in [3.63, 3.8) is 0 Å². The van der Waals surface area contributed by atoms with Crippen LogP contribution < -0.4 is 16.0 Å². The number of anilines is 2. The SMILES string of the molecule is O=C(Nc1ccc(/C=C/c2ccc(NC(=O)[C@@H]3CCCN3C(=O)c3cccc4c3Cc3ccccc3-4)cc2)cc1)[C@@H]1CCCN1. The lowest BCUT2D eigenvalue weighted by Crippen LogP contribution is -2.43. The minimum Gasteiger partial charge on any atom is -0.327 e. The normalized spacial score (nSPS) is 18.5. The highest BCUT2D eigenvalue weighted by Gasteiger charge is 2.36. The quantitative estimate of drug-likeness (QED) is 0.191. The van der Waals surface area contributed by atoms with Crippen LogP contribution in [0.2, 0.25) is 0 Å². The van der Waals surface area contributed by atoms with Crippen molar-refractivity contribution in [2.75, 3.05) is 23.7 Å². The Hall–Kier alpha value is -5.01. The topological polar surface area (TPSA) is 90.5 Å². The molecule has 2 atom stereocenters. The highest BCUT2D eigenvalue weighted by Crippen LogP contribution is 2.39. The predicted octanol–water partition coefficient (Wildman–Crippen LogP) is 6.36. The van der Waals surface area contributed by atoms with E-state index in [1.807, 2.05) is 84.9 Å². The van der Waals surface area contributed by atoms with E-state index in [2.05, 4.69) is 34.1 Å². The second-order valence-corrected chi connectivity index (χ2v) is 12.0. The van der Waals surface area contributed by atoms with Crippen LogP contribution in [-0.2, 0) is 16.0 Å². The van der Waals surface area contributed by atoms with E-state index in [4.69, 9.17) is 0 Å². The third-order valence-electron chi connectivity index (χ3n) is 9.10. The number of benzene rings is 4. The third kappa shape index (κ3) is 6.04. The molecule has 45 heavy (non-hydrogen) atoms. The van der Waals surface area contributed by atoms with Gasteiger partial charge in [-0.15, -0.1) is 0 Å². The summed E-state index contributed by atoms with van der Waals surface area (Å²) >= 11 is 0. The minimum atomic E-state index is -0.501. The van der Waals surface area contributed by atoms with E-state index in [0.29, 0.717) is 24.2 Å². The highest BCUT2D eigenvalue weighted by atomic mass is 16.2. The van der Waals surface area contributed by atoms with Gasteiger partial charge < -0.3 is 20.9 Å². The Kier molecular flexibility index (Phi) is 8.01. The molecule has 4 aromatic rings. The summed E-state index contributed by atoms with van der Waals surface area (Å²) in [6, 6.07) is 29.1. The smallest absolute Gasteiger partial charge is 0.254 e. The van der Waals surface area contributed by atoms with Crippen molar-refractivity contribution in [3.05, 3.63) is 119 Å². The second kappa shape index (κ2) is 12.5. The summed E-state index contributed by atoms with van der Waals surface area (Å²) in [6.45, 7) is 1.46. The maximum absolute atomic E-state index is 13.8. The second-order valence-electron chi connectivity index (χ2n) is 12.0. The van der Waals surface area contributed by atoms with Crippen molar-refractivity contribution in [2.45, 2.75) is 44.2 Å². The molecule has 1 aliphatic carbocycles. The number of carbonyl (C=O) groups is 3. The van der Waals surface area contributed by atoms with Crippen molar-refractivity contribution in [3.8, 4) is 11.1 Å². The van der Waals surface area contributed by atoms with Gasteiger partial charge in [0, 0.05) is 23.5 Å². The molecular weight excluding hydrogens is 560 g/mol. The summed E-state index contributed by atoms with van der Waals surface area (Å²) in [4.78, 5) is 41.3. The van der Waals surface area contributed by atoms with Gasteiger partial charge in [0.05, 0.1) is 6.04 Å². The van der Waals surface area contributed by atoms with Gasteiger partial charge in [-0.1, -0.05) is 72.8 Å². The van der Waals surface area contributed by atoms with Crippen LogP contribution in [0.5, 0.6) is 0 Å². The molecule has 226 valence electrons. The monoisotopic (exact) mass is 596 g/mol. The summed E-state index contributed by atoms with van der Waals surface area (Å²) in [5, 5.41) is 9.22. The van der Waals surface area contributed by atoms with Gasteiger partial charge in [-0.3, -0.25) is 14.4 Å². The van der Waals surface area contributed by atoms with Gasteiger partial charge >= 0.3 is 0 Å². The molecule has 0 aromatic heterocycles. The number of fused-ring (bicyclic) bond motifs is 3. The average Bonchev–Trinajstić information content (AvgIpc) is 3.85. The first-order valence-electron chi connectivity index (χ1n) is 15.8. The van der Waals surface area contributed by atoms with Gasteiger partial charge in [0.15, 0.2) is 0 Å². The van der Waals surface area contributed by atoms with Crippen molar-refractivity contribution in [1.29, 1.82) is 0 Å². The van der Waals surface area contributed by atoms with E-state index >= 15 is 0 Å². The van der Waals surface area contributed by atoms with Crippen molar-refractivity contribution >= 4 is 41.2 Å². The summed E-state index contributed by atoms with van der Waals surface area (Å²) in [6.07, 6.45) is 8.11. The number of nitrogens with one attached hydrogen (secondary N) is 3. The molecule has 2 fully saturated rings. The zero-order chi connectivity index (χ0) is 30.8. The van der Waals surface area contributed by atoms with Crippen LogP contribution in [0.1, 0.15) is 58.3 Å². The Bertz CT molecular complexity index is 1770. The standard InChI is InChI=1S/C38H36N4O3/c43-36(34-10-4-22-39-34)40-28-18-14-25(15-19-28)12-13-26-16-20-29(21-17-26)41-37(44)35-11-5-23-42(35)38(45)32-9-3-8-31-30-7-2-1-6-27(30)24-33(31)32/h1-3,6-9,12-21,34-35,39H,4-5,10-11,22-24H2,(H,40,43)(H,41,44)/b13-12+/t34-,35-/m0/s1. The van der Waals surface area contributed by atoms with E-state index in [1.165, 1.54) is 11.1 Å². The van der Waals surface area contributed by atoms with E-state index in [9.17, 15) is 14.4 Å². The molecule has 3 aliphatic rings. The fraction of sp³-hybridized carbons (Fsp3) is 0.237. The summed E-state index contributed by atoms with van der Waals surface area (Å²) in [5.74, 6) is -0.212. The fourth-order valence-electron chi connectivity index (χ4n) is 6.71. The lowest BCUT2D eigenvalue weighted by atomic mass is 10.00. The maximum atomic E-state index is 13.8. The van der Waals surface area contributed by atoms with Gasteiger partial charge in [0.25, 0.3) is 5.91 Å². The van der Waals surface area contributed by atoms with Crippen molar-refractivity contribution in [2.24, 2.45) is 0 Å². The molecule has 2 heterocycles. The molecule has 7 nitrogen and oxygen atoms in total. The van der Waals surface area contributed by atoms with E-state index in [0.717, 1.165) is 60.2 Å². The number of amides is 3. The molecule has 0 bridgehead atoms. The van der Waals surface area contributed by atoms with E-state index in [1.54, 1.807) is 4.90 Å². The van der Waals surface area contributed by atoms with Gasteiger partial charge in [-0.25, -0.2) is 0 Å². The lowest BCUT2D eigenvalue weighted by molar-refractivity contribution is -0.120. The zero-order valence-corrected chi connectivity index (χ0v) is 25.1. The number of carbonyl (C=O) groups excluding carboxylic acids is 3. The molecule has 0 spiro atoms. The van der Waals surface area contributed by atoms with Gasteiger partial charge in [-0.05, 0) is 102 Å². The Labute approximate surface area is 263 Å². The fourth-order valence-corrected chi connectivity index (χ4v) is 6.71. The van der Waals surface area contributed by atoms with Gasteiger partial charge in [0.2, 0.25) is 11.8 Å². The molecule has 7 rings (SSSR count). The number of nitrogens with zero attached hydrogens (tertiary/aromatic N) is 1. The Morgan fingerprint density at radius 1 is 0.711 bits per heavy atom. The lowest BCUT2D eigenvalue weighted by Gasteiger charge is -2.25. The van der Waals surface area contributed by atoms with Crippen LogP contribution >= 0.6 is 0 Å². The summed E-state index contributed by atoms with van der Waals surface area (Å²) in [5.41, 5.74) is 8.78. The van der Waals surface area contributed by atoms with Crippen LogP contribution in [0.3, 0.4) is 0 Å². The predicted molar refractivity (Wildman–Crippen MR) is 179 cm³/mol. The molecule has 2 aliphatic heterocycles. The number of rotatable bonds is 7. The molecular formula is C38H36N4O3. The van der Waals surface area contributed by atoms with Crippen LogP contribution in [0.15, 0.2) is 91.0 Å². The maximum Gasteiger partial charge on any atom is 0.254 e. The Morgan fingerprint density at radius 2 is 1.38 bits per heavy atom. The van der Waals surface area contributed by atoms with Gasteiger partial charge in [0.1, 0.15) is 6.04 Å². The first kappa shape index (κ1) is 28.7. The first-order valence-corrected chi connectivity index (χ1v) is 15.8. The summed E-state index contributed by atoms with van der Waals surface area (Å²) in [7, 11) is 0. The molecule has 0 unspecified atom stereocenters. The molecule has 3 amide bonds. The number of hydrogen-bond donors (Lipinski definition) is 3. The minimum absolute atomic E-state index is 0.0147. The Balaban J connectivity index is 0.963. The molecule has 2 saturated heterocycles. The van der Waals surface area contributed by atoms with Crippen LogP contribution in [-0.4, -0.2) is 47.8 Å².